The van der Waals surface area contributed by atoms with Crippen molar-refractivity contribution in [2.75, 3.05) is 11.7 Å². The van der Waals surface area contributed by atoms with Crippen molar-refractivity contribution in [2.24, 2.45) is 0 Å². The minimum atomic E-state index is -4.67. The highest BCUT2D eigenvalue weighted by Crippen LogP contribution is 2.36. The predicted molar refractivity (Wildman–Crippen MR) is 96.0 cm³/mol. The lowest BCUT2D eigenvalue weighted by Gasteiger charge is -2.17. The number of halogens is 3. The Morgan fingerprint density at radius 1 is 1.07 bits per heavy atom. The van der Waals surface area contributed by atoms with Crippen molar-refractivity contribution in [1.29, 1.82) is 0 Å². The lowest BCUT2D eigenvalue weighted by atomic mass is 10.1. The van der Waals surface area contributed by atoms with Crippen LogP contribution in [0, 0.1) is 13.8 Å². The zero-order chi connectivity index (χ0) is 20.4. The van der Waals surface area contributed by atoms with Gasteiger partial charge in [-0.05, 0) is 43.7 Å². The monoisotopic (exact) mass is 422 g/mol. The van der Waals surface area contributed by atoms with E-state index in [0.29, 0.717) is 6.07 Å². The van der Waals surface area contributed by atoms with Crippen LogP contribution in [0.2, 0.25) is 0 Å². The number of hydrogen-bond acceptors (Lipinski definition) is 5. The lowest BCUT2D eigenvalue weighted by Crippen LogP contribution is -2.28. The van der Waals surface area contributed by atoms with Gasteiger partial charge in [-0.2, -0.15) is 17.4 Å². The second-order valence-electron chi connectivity index (χ2n) is 5.79. The summed E-state index contributed by atoms with van der Waals surface area (Å²) in [6.07, 6.45) is -3.81. The summed E-state index contributed by atoms with van der Waals surface area (Å²) in [5.74, 6) is 0.261. The Morgan fingerprint density at radius 3 is 2.19 bits per heavy atom. The Bertz CT molecular complexity index is 959. The molecule has 0 radical (unpaired) electrons. The van der Waals surface area contributed by atoms with Gasteiger partial charge in [-0.1, -0.05) is 17.7 Å². The van der Waals surface area contributed by atoms with Crippen LogP contribution in [0.1, 0.15) is 16.7 Å². The third kappa shape index (κ3) is 5.68. The number of aryl methyl sites for hydroxylation is 2. The van der Waals surface area contributed by atoms with E-state index >= 15 is 0 Å². The van der Waals surface area contributed by atoms with E-state index in [4.69, 9.17) is 4.18 Å². The number of rotatable bonds is 6. The molecule has 0 saturated heterocycles. The molecule has 27 heavy (non-hydrogen) atoms. The Labute approximate surface area is 157 Å². The van der Waals surface area contributed by atoms with Crippen LogP contribution in [0.15, 0.2) is 41.3 Å². The maximum atomic E-state index is 13.1. The first-order chi connectivity index (χ1) is 12.4. The van der Waals surface area contributed by atoms with Gasteiger partial charge in [0, 0.05) is 6.26 Å². The van der Waals surface area contributed by atoms with Crippen molar-refractivity contribution < 1.29 is 30.0 Å². The Hall–Kier alpha value is -2.11. The second-order valence-corrected chi connectivity index (χ2v) is 8.62. The van der Waals surface area contributed by atoms with Gasteiger partial charge in [0.2, 0.25) is 0 Å². The Balaban J connectivity index is 2.25. The number of benzene rings is 2. The molecule has 0 aliphatic rings. The van der Waals surface area contributed by atoms with Crippen LogP contribution in [0.5, 0.6) is 5.75 Å². The lowest BCUT2D eigenvalue weighted by molar-refractivity contribution is -0.138. The molecule has 0 fully saturated rings. The van der Waals surface area contributed by atoms with E-state index in [0.717, 1.165) is 24.8 Å². The minimum absolute atomic E-state index is 0.245. The van der Waals surface area contributed by atoms with Crippen LogP contribution in [0.3, 0.4) is 0 Å². The van der Waals surface area contributed by atoms with E-state index in [1.54, 1.807) is 24.3 Å². The minimum Gasteiger partial charge on any atom is -0.388 e. The van der Waals surface area contributed by atoms with E-state index in [-0.39, 0.29) is 16.2 Å². The number of alkyl halides is 3. The molecule has 6 nitrogen and oxygen atoms in total. The molecule has 0 spiro atoms. The van der Waals surface area contributed by atoms with Crippen molar-refractivity contribution in [3.63, 3.8) is 0 Å². The zero-order valence-electron chi connectivity index (χ0n) is 14.5. The second kappa shape index (κ2) is 7.87. The maximum Gasteiger partial charge on any atom is 0.416 e. The fourth-order valence-corrected chi connectivity index (χ4v) is 3.61. The summed E-state index contributed by atoms with van der Waals surface area (Å²) >= 11 is -2.18. The van der Waals surface area contributed by atoms with Crippen molar-refractivity contribution >= 4 is 26.8 Å². The van der Waals surface area contributed by atoms with E-state index in [1.807, 2.05) is 6.92 Å². The summed E-state index contributed by atoms with van der Waals surface area (Å²) in [5, 5.41) is 0. The summed E-state index contributed by atoms with van der Waals surface area (Å²) in [5.41, 5.74) is 1.54. The first kappa shape index (κ1) is 21.2. The van der Waals surface area contributed by atoms with Gasteiger partial charge in [0.1, 0.15) is 5.75 Å². The molecule has 2 N–H and O–H groups in total. The van der Waals surface area contributed by atoms with Gasteiger partial charge in [0.25, 0.3) is 0 Å². The molecule has 0 heterocycles. The molecule has 148 valence electrons. The van der Waals surface area contributed by atoms with E-state index in [9.17, 15) is 25.8 Å². The molecule has 0 amide bonds. The average molecular weight is 422 g/mol. The van der Waals surface area contributed by atoms with Gasteiger partial charge in [-0.15, -0.1) is 4.83 Å². The van der Waals surface area contributed by atoms with Gasteiger partial charge in [0.15, 0.2) is 9.84 Å². The number of hydrazine groups is 1. The van der Waals surface area contributed by atoms with Gasteiger partial charge in [0.05, 0.1) is 16.1 Å². The predicted octanol–water partition coefficient (Wildman–Crippen LogP) is 3.30. The number of anilines is 1. The van der Waals surface area contributed by atoms with Crippen LogP contribution < -0.4 is 14.4 Å². The first-order valence-electron chi connectivity index (χ1n) is 7.48. The topological polar surface area (TPSA) is 84.5 Å². The van der Waals surface area contributed by atoms with Gasteiger partial charge < -0.3 is 9.61 Å². The van der Waals surface area contributed by atoms with Gasteiger partial charge in [-0.25, -0.2) is 8.42 Å². The summed E-state index contributed by atoms with van der Waals surface area (Å²) in [7, 11) is -3.84. The van der Waals surface area contributed by atoms with Crippen LogP contribution in [0.25, 0.3) is 0 Å². The van der Waals surface area contributed by atoms with Crippen molar-refractivity contribution in [3.05, 3.63) is 53.1 Å². The molecule has 2 aromatic rings. The van der Waals surface area contributed by atoms with Gasteiger partial charge in [-0.3, -0.25) is 0 Å². The average Bonchev–Trinajstić information content (AvgIpc) is 2.53. The molecule has 2 aromatic carbocycles. The molecule has 0 saturated carbocycles. The van der Waals surface area contributed by atoms with Crippen LogP contribution in [-0.4, -0.2) is 18.9 Å². The zero-order valence-corrected chi connectivity index (χ0v) is 16.2. The first-order valence-corrected chi connectivity index (χ1v) is 10.4. The highest BCUT2D eigenvalue weighted by molar-refractivity contribution is 7.90. The van der Waals surface area contributed by atoms with Crippen molar-refractivity contribution in [2.45, 2.75) is 24.9 Å². The van der Waals surface area contributed by atoms with Crippen molar-refractivity contribution in [1.82, 2.24) is 4.83 Å². The van der Waals surface area contributed by atoms with Crippen LogP contribution in [0.4, 0.5) is 18.9 Å². The number of nitrogens with one attached hydrogen (secondary N) is 2. The van der Waals surface area contributed by atoms with Gasteiger partial charge >= 0.3 is 17.4 Å². The smallest absolute Gasteiger partial charge is 0.388 e. The molecule has 1 atom stereocenters. The SMILES string of the molecule is Cc1ccc(OS(=O)NNc2cc(C(F)(F)F)c(C)cc2S(C)(=O)=O)cc1. The summed E-state index contributed by atoms with van der Waals surface area (Å²) in [6.45, 7) is 3.01. The normalized spacial score (nSPS) is 13.3. The molecule has 0 aromatic heterocycles. The molecule has 2 rings (SSSR count). The molecular weight excluding hydrogens is 405 g/mol. The fourth-order valence-electron chi connectivity index (χ4n) is 2.19. The number of hydrogen-bond donors (Lipinski definition) is 2. The Morgan fingerprint density at radius 2 is 1.67 bits per heavy atom. The summed E-state index contributed by atoms with van der Waals surface area (Å²) in [4.78, 5) is 1.77. The van der Waals surface area contributed by atoms with Crippen LogP contribution >= 0.6 is 0 Å². The summed E-state index contributed by atoms with van der Waals surface area (Å²) in [6, 6.07) is 8.11. The van der Waals surface area contributed by atoms with E-state index in [2.05, 4.69) is 10.3 Å². The largest absolute Gasteiger partial charge is 0.416 e. The molecule has 1 unspecified atom stereocenters. The molecule has 11 heteroatoms. The van der Waals surface area contributed by atoms with Crippen LogP contribution in [-0.2, 0) is 27.3 Å². The summed E-state index contributed by atoms with van der Waals surface area (Å²) < 4.78 is 80.0. The quantitative estimate of drug-likeness (QED) is 0.698. The highest BCUT2D eigenvalue weighted by atomic mass is 32.2. The van der Waals surface area contributed by atoms with Crippen molar-refractivity contribution in [3.8, 4) is 5.75 Å². The van der Waals surface area contributed by atoms with E-state index in [1.165, 1.54) is 0 Å². The maximum absolute atomic E-state index is 13.1. The number of sulfone groups is 1. The standard InChI is InChI=1S/C16H17F3N2O4S2/c1-10-4-6-12(7-5-10)25-26(22)21-20-14-9-13(16(17,18)19)11(2)8-15(14)27(3,23)24/h4-9,20-21H,1-3H3. The fraction of sp³-hybridized carbons (Fsp3) is 0.250. The molecule has 0 bridgehead atoms. The molecule has 0 aliphatic carbocycles. The Kier molecular flexibility index (Phi) is 6.17. The highest BCUT2D eigenvalue weighted by Gasteiger charge is 2.34. The van der Waals surface area contributed by atoms with E-state index < -0.39 is 38.5 Å². The third-order valence-corrected chi connectivity index (χ3v) is 5.24. The molecular formula is C16H17F3N2O4S2. The third-order valence-electron chi connectivity index (χ3n) is 3.49. The molecule has 0 aliphatic heterocycles.